The van der Waals surface area contributed by atoms with Crippen molar-refractivity contribution in [3.63, 3.8) is 0 Å². The molecule has 0 spiro atoms. The minimum atomic E-state index is -3.02. The van der Waals surface area contributed by atoms with E-state index in [1.807, 2.05) is 0 Å². The van der Waals surface area contributed by atoms with Gasteiger partial charge in [-0.25, -0.2) is 8.42 Å². The number of rotatable bonds is 2. The molecule has 2 unspecified atom stereocenters. The van der Waals surface area contributed by atoms with E-state index in [2.05, 4.69) is 15.9 Å². The Morgan fingerprint density at radius 2 is 1.93 bits per heavy atom. The molecule has 2 rings (SSSR count). The number of hydrogen-bond acceptors (Lipinski definition) is 2. The monoisotopic (exact) mass is 281 g/mol. The van der Waals surface area contributed by atoms with Gasteiger partial charge in [0.1, 0.15) is 4.66 Å². The van der Waals surface area contributed by atoms with Crippen molar-refractivity contribution in [2.24, 2.45) is 5.92 Å². The summed E-state index contributed by atoms with van der Waals surface area (Å²) in [6, 6.07) is 0.311. The molecule has 2 aliphatic rings. The van der Waals surface area contributed by atoms with E-state index in [0.717, 1.165) is 19.4 Å². The third kappa shape index (κ3) is 1.86. The van der Waals surface area contributed by atoms with Crippen LogP contribution in [0, 0.1) is 5.92 Å². The molecule has 3 nitrogen and oxygen atoms in total. The molecule has 5 heteroatoms. The zero-order valence-electron chi connectivity index (χ0n) is 8.15. The van der Waals surface area contributed by atoms with Gasteiger partial charge in [-0.15, -0.1) is 0 Å². The van der Waals surface area contributed by atoms with Gasteiger partial charge < -0.3 is 0 Å². The molecule has 2 fully saturated rings. The van der Waals surface area contributed by atoms with Gasteiger partial charge in [0.25, 0.3) is 0 Å². The first-order chi connectivity index (χ1) is 6.65. The Kier molecular flexibility index (Phi) is 3.19. The number of nitrogens with zero attached hydrogens (tertiary/aromatic N) is 1. The number of hydrogen-bond donors (Lipinski definition) is 0. The molecule has 0 bridgehead atoms. The SMILES string of the molecule is O=S(=O)(CBr)N1CCC2CCCCC21. The third-order valence-electron chi connectivity index (χ3n) is 3.45. The lowest BCUT2D eigenvalue weighted by molar-refractivity contribution is 0.261. The molecule has 1 aliphatic heterocycles. The largest absolute Gasteiger partial charge is 0.224 e. The lowest BCUT2D eigenvalue weighted by Gasteiger charge is -2.30. The molecule has 1 heterocycles. The Morgan fingerprint density at radius 3 is 2.64 bits per heavy atom. The Hall–Kier alpha value is 0.390. The fourth-order valence-electron chi connectivity index (χ4n) is 2.77. The summed E-state index contributed by atoms with van der Waals surface area (Å²) >= 11 is 3.07. The van der Waals surface area contributed by atoms with Crippen LogP contribution in [-0.4, -0.2) is 30.0 Å². The normalized spacial score (nSPS) is 34.4. The second kappa shape index (κ2) is 4.10. The summed E-state index contributed by atoms with van der Waals surface area (Å²) in [6.07, 6.45) is 5.83. The molecule has 0 amide bonds. The van der Waals surface area contributed by atoms with Crippen LogP contribution >= 0.6 is 15.9 Å². The average molecular weight is 282 g/mol. The average Bonchev–Trinajstić information content (AvgIpc) is 2.61. The van der Waals surface area contributed by atoms with E-state index in [1.165, 1.54) is 19.3 Å². The lowest BCUT2D eigenvalue weighted by atomic mass is 9.86. The first kappa shape index (κ1) is 10.9. The van der Waals surface area contributed by atoms with Gasteiger partial charge in [0.15, 0.2) is 0 Å². The van der Waals surface area contributed by atoms with Crippen molar-refractivity contribution in [3.05, 3.63) is 0 Å². The quantitative estimate of drug-likeness (QED) is 0.726. The molecule has 14 heavy (non-hydrogen) atoms. The molecule has 1 aliphatic carbocycles. The second-order valence-corrected chi connectivity index (χ2v) is 7.46. The molecule has 0 radical (unpaired) electrons. The molecular formula is C9H16BrNO2S. The Bertz CT molecular complexity index is 304. The standard InChI is InChI=1S/C9H16BrNO2S/c10-7-14(12,13)11-6-5-8-3-1-2-4-9(8)11/h8-9H,1-7H2. The highest BCUT2D eigenvalue weighted by Crippen LogP contribution is 2.37. The van der Waals surface area contributed by atoms with Crippen molar-refractivity contribution >= 4 is 26.0 Å². The van der Waals surface area contributed by atoms with Gasteiger partial charge in [0.2, 0.25) is 10.0 Å². The van der Waals surface area contributed by atoms with Gasteiger partial charge in [-0.05, 0) is 25.2 Å². The summed E-state index contributed by atoms with van der Waals surface area (Å²) in [5.74, 6) is 0.637. The van der Waals surface area contributed by atoms with Crippen molar-refractivity contribution in [2.75, 3.05) is 11.2 Å². The van der Waals surface area contributed by atoms with Crippen molar-refractivity contribution < 1.29 is 8.42 Å². The van der Waals surface area contributed by atoms with E-state index in [4.69, 9.17) is 0 Å². The van der Waals surface area contributed by atoms with Crippen LogP contribution in [0.1, 0.15) is 32.1 Å². The summed E-state index contributed by atoms with van der Waals surface area (Å²) in [5, 5.41) is 0. The predicted octanol–water partition coefficient (Wildman–Crippen LogP) is 1.93. The fourth-order valence-corrected chi connectivity index (χ4v) is 4.76. The van der Waals surface area contributed by atoms with Crippen molar-refractivity contribution in [2.45, 2.75) is 38.1 Å². The van der Waals surface area contributed by atoms with Gasteiger partial charge in [-0.1, -0.05) is 28.8 Å². The molecule has 0 N–H and O–H groups in total. The van der Waals surface area contributed by atoms with E-state index in [-0.39, 0.29) is 4.66 Å². The Balaban J connectivity index is 2.15. The van der Waals surface area contributed by atoms with E-state index in [9.17, 15) is 8.42 Å². The molecule has 0 aromatic rings. The van der Waals surface area contributed by atoms with Gasteiger partial charge in [0, 0.05) is 12.6 Å². The van der Waals surface area contributed by atoms with Crippen molar-refractivity contribution in [1.29, 1.82) is 0 Å². The predicted molar refractivity (Wildman–Crippen MR) is 59.8 cm³/mol. The molecular weight excluding hydrogens is 266 g/mol. The van der Waals surface area contributed by atoms with Crippen LogP contribution in [0.4, 0.5) is 0 Å². The van der Waals surface area contributed by atoms with Crippen LogP contribution in [0.2, 0.25) is 0 Å². The molecule has 0 aromatic carbocycles. The number of sulfonamides is 1. The smallest absolute Gasteiger partial charge is 0.211 e. The topological polar surface area (TPSA) is 37.4 Å². The third-order valence-corrected chi connectivity index (χ3v) is 6.63. The fraction of sp³-hybridized carbons (Fsp3) is 1.00. The Labute approximate surface area is 94.0 Å². The molecule has 2 atom stereocenters. The van der Waals surface area contributed by atoms with Crippen LogP contribution in [-0.2, 0) is 10.0 Å². The highest BCUT2D eigenvalue weighted by atomic mass is 79.9. The van der Waals surface area contributed by atoms with Crippen LogP contribution in [0.5, 0.6) is 0 Å². The molecule has 0 aromatic heterocycles. The maximum Gasteiger partial charge on any atom is 0.224 e. The van der Waals surface area contributed by atoms with Crippen molar-refractivity contribution in [3.8, 4) is 0 Å². The highest BCUT2D eigenvalue weighted by Gasteiger charge is 2.40. The Morgan fingerprint density at radius 1 is 1.21 bits per heavy atom. The summed E-state index contributed by atoms with van der Waals surface area (Å²) in [6.45, 7) is 0.739. The lowest BCUT2D eigenvalue weighted by Crippen LogP contribution is -2.39. The number of alkyl halides is 1. The summed E-state index contributed by atoms with van der Waals surface area (Å²) in [4.78, 5) is 0. The summed E-state index contributed by atoms with van der Waals surface area (Å²) in [5.41, 5.74) is 0. The van der Waals surface area contributed by atoms with Crippen LogP contribution in [0.3, 0.4) is 0 Å². The van der Waals surface area contributed by atoms with Gasteiger partial charge in [-0.3, -0.25) is 0 Å². The zero-order chi connectivity index (χ0) is 10.2. The van der Waals surface area contributed by atoms with E-state index in [0.29, 0.717) is 12.0 Å². The minimum absolute atomic E-state index is 0.0726. The molecule has 82 valence electrons. The van der Waals surface area contributed by atoms with Crippen molar-refractivity contribution in [1.82, 2.24) is 4.31 Å². The van der Waals surface area contributed by atoms with Crippen LogP contribution in [0.15, 0.2) is 0 Å². The first-order valence-corrected chi connectivity index (χ1v) is 7.93. The zero-order valence-corrected chi connectivity index (χ0v) is 10.6. The second-order valence-electron chi connectivity index (χ2n) is 4.23. The molecule has 1 saturated carbocycles. The number of fused-ring (bicyclic) bond motifs is 1. The summed E-state index contributed by atoms with van der Waals surface area (Å²) < 4.78 is 25.3. The van der Waals surface area contributed by atoms with Crippen LogP contribution < -0.4 is 0 Å². The maximum absolute atomic E-state index is 11.7. The van der Waals surface area contributed by atoms with Crippen LogP contribution in [0.25, 0.3) is 0 Å². The van der Waals surface area contributed by atoms with Gasteiger partial charge in [0.05, 0.1) is 0 Å². The molecule has 1 saturated heterocycles. The van der Waals surface area contributed by atoms with Gasteiger partial charge >= 0.3 is 0 Å². The summed E-state index contributed by atoms with van der Waals surface area (Å²) in [7, 11) is -3.02. The maximum atomic E-state index is 11.7. The highest BCUT2D eigenvalue weighted by molar-refractivity contribution is 9.10. The first-order valence-electron chi connectivity index (χ1n) is 5.20. The van der Waals surface area contributed by atoms with E-state index in [1.54, 1.807) is 4.31 Å². The number of halogens is 1. The minimum Gasteiger partial charge on any atom is -0.211 e. The van der Waals surface area contributed by atoms with E-state index >= 15 is 0 Å². The van der Waals surface area contributed by atoms with Gasteiger partial charge in [-0.2, -0.15) is 4.31 Å². The van der Waals surface area contributed by atoms with E-state index < -0.39 is 10.0 Å².